The molecule has 2 aromatic heterocycles. The Morgan fingerprint density at radius 1 is 1.19 bits per heavy atom. The summed E-state index contributed by atoms with van der Waals surface area (Å²) in [7, 11) is 0. The lowest BCUT2D eigenvalue weighted by molar-refractivity contribution is 0.391. The Balaban J connectivity index is 2.03. The average molecular weight is 369 g/mol. The van der Waals surface area contributed by atoms with Crippen molar-refractivity contribution in [2.24, 2.45) is 0 Å². The van der Waals surface area contributed by atoms with Crippen molar-refractivity contribution in [3.05, 3.63) is 57.6 Å². The molecule has 0 aliphatic carbocycles. The summed E-state index contributed by atoms with van der Waals surface area (Å²) >= 11 is 9.53. The fraction of sp³-hybridized carbons (Fsp3) is 0.250. The SMILES string of the molecule is CCCNC(c1ccc(Br)o1)c1cc2cccc(Cl)c2o1. The molecular formula is C16H15BrClNO2. The van der Waals surface area contributed by atoms with Crippen molar-refractivity contribution >= 4 is 38.5 Å². The van der Waals surface area contributed by atoms with Gasteiger partial charge in [0.25, 0.3) is 0 Å². The fourth-order valence-corrected chi connectivity index (χ4v) is 2.84. The highest BCUT2D eigenvalue weighted by Crippen LogP contribution is 2.33. The number of benzene rings is 1. The summed E-state index contributed by atoms with van der Waals surface area (Å²) < 4.78 is 12.3. The number of fused-ring (bicyclic) bond motifs is 1. The van der Waals surface area contributed by atoms with Gasteiger partial charge in [0.2, 0.25) is 0 Å². The van der Waals surface area contributed by atoms with Crippen molar-refractivity contribution in [3.63, 3.8) is 0 Å². The van der Waals surface area contributed by atoms with Crippen molar-refractivity contribution in [3.8, 4) is 0 Å². The van der Waals surface area contributed by atoms with Crippen LogP contribution in [0.3, 0.4) is 0 Å². The molecule has 0 bridgehead atoms. The molecule has 0 aliphatic heterocycles. The molecule has 0 amide bonds. The number of para-hydroxylation sites is 1. The van der Waals surface area contributed by atoms with Gasteiger partial charge < -0.3 is 14.2 Å². The monoisotopic (exact) mass is 367 g/mol. The minimum atomic E-state index is -0.125. The first-order valence-corrected chi connectivity index (χ1v) is 8.02. The number of furan rings is 2. The van der Waals surface area contributed by atoms with E-state index in [2.05, 4.69) is 28.2 Å². The van der Waals surface area contributed by atoms with Gasteiger partial charge in [0.05, 0.1) is 5.02 Å². The van der Waals surface area contributed by atoms with Gasteiger partial charge in [-0.25, -0.2) is 0 Å². The van der Waals surface area contributed by atoms with Gasteiger partial charge in [-0.3, -0.25) is 0 Å². The molecule has 3 nitrogen and oxygen atoms in total. The summed E-state index contributed by atoms with van der Waals surface area (Å²) in [6.45, 7) is 2.99. The van der Waals surface area contributed by atoms with E-state index in [0.717, 1.165) is 29.9 Å². The third-order valence-corrected chi connectivity index (χ3v) is 4.00. The highest BCUT2D eigenvalue weighted by molar-refractivity contribution is 9.10. The Morgan fingerprint density at radius 3 is 2.71 bits per heavy atom. The number of nitrogens with one attached hydrogen (secondary N) is 1. The Bertz CT molecular complexity index is 750. The number of rotatable bonds is 5. The van der Waals surface area contributed by atoms with Crippen LogP contribution in [0.1, 0.15) is 30.9 Å². The topological polar surface area (TPSA) is 38.3 Å². The van der Waals surface area contributed by atoms with E-state index in [0.29, 0.717) is 15.3 Å². The highest BCUT2D eigenvalue weighted by Gasteiger charge is 2.21. The largest absolute Gasteiger partial charge is 0.457 e. The van der Waals surface area contributed by atoms with Gasteiger partial charge in [-0.1, -0.05) is 30.7 Å². The second-order valence-electron chi connectivity index (χ2n) is 4.84. The normalized spacial score (nSPS) is 12.9. The third-order valence-electron chi connectivity index (χ3n) is 3.28. The van der Waals surface area contributed by atoms with Crippen molar-refractivity contribution in [2.45, 2.75) is 19.4 Å². The van der Waals surface area contributed by atoms with E-state index in [-0.39, 0.29) is 6.04 Å². The lowest BCUT2D eigenvalue weighted by atomic mass is 10.1. The van der Waals surface area contributed by atoms with E-state index in [9.17, 15) is 0 Å². The van der Waals surface area contributed by atoms with Crippen molar-refractivity contribution in [2.75, 3.05) is 6.54 Å². The van der Waals surface area contributed by atoms with Crippen LogP contribution in [0.25, 0.3) is 11.0 Å². The van der Waals surface area contributed by atoms with E-state index < -0.39 is 0 Å². The van der Waals surface area contributed by atoms with Crippen molar-refractivity contribution in [1.82, 2.24) is 5.32 Å². The molecule has 0 fully saturated rings. The molecule has 0 saturated carbocycles. The van der Waals surface area contributed by atoms with Crippen molar-refractivity contribution in [1.29, 1.82) is 0 Å². The van der Waals surface area contributed by atoms with E-state index in [1.807, 2.05) is 36.4 Å². The smallest absolute Gasteiger partial charge is 0.169 e. The van der Waals surface area contributed by atoms with E-state index >= 15 is 0 Å². The Hall–Kier alpha value is -1.23. The number of hydrogen-bond acceptors (Lipinski definition) is 3. The predicted octanol–water partition coefficient (Wildman–Crippen LogP) is 5.53. The lowest BCUT2D eigenvalue weighted by Gasteiger charge is -2.13. The van der Waals surface area contributed by atoms with Crippen LogP contribution in [-0.2, 0) is 0 Å². The maximum Gasteiger partial charge on any atom is 0.169 e. The van der Waals surface area contributed by atoms with Gasteiger partial charge in [0, 0.05) is 5.39 Å². The Kier molecular flexibility index (Phi) is 4.38. The minimum Gasteiger partial charge on any atom is -0.457 e. The molecule has 1 atom stereocenters. The first-order chi connectivity index (χ1) is 10.2. The molecule has 0 saturated heterocycles. The molecule has 1 aromatic carbocycles. The zero-order valence-corrected chi connectivity index (χ0v) is 13.9. The van der Waals surface area contributed by atoms with Gasteiger partial charge in [-0.05, 0) is 53.2 Å². The standard InChI is InChI=1S/C16H15BrClNO2/c1-2-8-19-15(12-6-7-14(17)20-12)13-9-10-4-3-5-11(18)16(10)21-13/h3-7,9,15,19H,2,8H2,1H3. The maximum absolute atomic E-state index is 6.18. The molecule has 0 radical (unpaired) electrons. The summed E-state index contributed by atoms with van der Waals surface area (Å²) in [5.41, 5.74) is 0.711. The van der Waals surface area contributed by atoms with Gasteiger partial charge in [0.1, 0.15) is 17.6 Å². The molecule has 110 valence electrons. The van der Waals surface area contributed by atoms with Gasteiger partial charge in [-0.2, -0.15) is 0 Å². The van der Waals surface area contributed by atoms with Gasteiger partial charge >= 0.3 is 0 Å². The number of halogens is 2. The molecule has 2 heterocycles. The zero-order valence-electron chi connectivity index (χ0n) is 11.5. The van der Waals surface area contributed by atoms with Crippen LogP contribution in [0.15, 0.2) is 49.9 Å². The van der Waals surface area contributed by atoms with Gasteiger partial charge in [0.15, 0.2) is 10.3 Å². The van der Waals surface area contributed by atoms with Crippen molar-refractivity contribution < 1.29 is 8.83 Å². The summed E-state index contributed by atoms with van der Waals surface area (Å²) in [6.07, 6.45) is 1.03. The molecule has 3 aromatic rings. The second-order valence-corrected chi connectivity index (χ2v) is 6.02. The fourth-order valence-electron chi connectivity index (χ4n) is 2.30. The van der Waals surface area contributed by atoms with Crippen LogP contribution < -0.4 is 5.32 Å². The molecule has 3 rings (SSSR count). The summed E-state index contributed by atoms with van der Waals surface area (Å²) in [4.78, 5) is 0. The van der Waals surface area contributed by atoms with E-state index in [1.165, 1.54) is 0 Å². The van der Waals surface area contributed by atoms with Gasteiger partial charge in [-0.15, -0.1) is 0 Å². The molecule has 1 unspecified atom stereocenters. The summed E-state index contributed by atoms with van der Waals surface area (Å²) in [6, 6.07) is 11.4. The Morgan fingerprint density at radius 2 is 2.05 bits per heavy atom. The van der Waals surface area contributed by atoms with Crippen LogP contribution >= 0.6 is 27.5 Å². The molecule has 0 aliphatic rings. The zero-order chi connectivity index (χ0) is 14.8. The Labute approximate surface area is 136 Å². The van der Waals surface area contributed by atoms with Crippen LogP contribution in [0.2, 0.25) is 5.02 Å². The van der Waals surface area contributed by atoms with Crippen LogP contribution in [0, 0.1) is 0 Å². The molecule has 21 heavy (non-hydrogen) atoms. The summed E-state index contributed by atoms with van der Waals surface area (Å²) in [5, 5.41) is 5.06. The molecular weight excluding hydrogens is 354 g/mol. The van der Waals surface area contributed by atoms with Crippen LogP contribution in [-0.4, -0.2) is 6.54 Å². The first kappa shape index (κ1) is 14.7. The third kappa shape index (κ3) is 3.03. The molecule has 1 N–H and O–H groups in total. The number of hydrogen-bond donors (Lipinski definition) is 1. The minimum absolute atomic E-state index is 0.125. The van der Waals surface area contributed by atoms with E-state index in [1.54, 1.807) is 0 Å². The molecule has 0 spiro atoms. The first-order valence-electron chi connectivity index (χ1n) is 6.85. The van der Waals surface area contributed by atoms with E-state index in [4.69, 9.17) is 20.4 Å². The lowest BCUT2D eigenvalue weighted by Crippen LogP contribution is -2.22. The average Bonchev–Trinajstić information content (AvgIpc) is 3.07. The summed E-state index contributed by atoms with van der Waals surface area (Å²) in [5.74, 6) is 1.61. The van der Waals surface area contributed by atoms with Crippen LogP contribution in [0.5, 0.6) is 0 Å². The predicted molar refractivity (Wildman–Crippen MR) is 87.8 cm³/mol. The highest BCUT2D eigenvalue weighted by atomic mass is 79.9. The quantitative estimate of drug-likeness (QED) is 0.643. The maximum atomic E-state index is 6.18. The van der Waals surface area contributed by atoms with Crippen LogP contribution in [0.4, 0.5) is 0 Å². The molecule has 5 heteroatoms. The second kappa shape index (κ2) is 6.26.